The molecule has 9 heteroatoms. The van der Waals surface area contributed by atoms with Crippen molar-refractivity contribution in [2.45, 2.75) is 11.4 Å². The molecule has 0 aliphatic heterocycles. The molecule has 7 nitrogen and oxygen atoms in total. The predicted molar refractivity (Wildman–Crippen MR) is 103 cm³/mol. The smallest absolute Gasteiger partial charge is 0.252 e. The number of sulfonamides is 1. The van der Waals surface area contributed by atoms with Gasteiger partial charge in [0, 0.05) is 23.7 Å². The maximum Gasteiger partial charge on any atom is 0.252 e. The van der Waals surface area contributed by atoms with Crippen LogP contribution in [-0.4, -0.2) is 26.4 Å². The van der Waals surface area contributed by atoms with E-state index in [0.717, 1.165) is 16.8 Å². The first-order valence-corrected chi connectivity index (χ1v) is 10.3. The number of methoxy groups -OCH3 is 1. The standard InChI is InChI=1S/C18H17N3O4S2/c1-25-17-3-2-14(9-15(17)18(19)22)27(23,24)21-10-12-4-6-20-16(8-12)13-5-7-26-11-13/h2-9,11,21H,10H2,1H3,(H2,19,22). The monoisotopic (exact) mass is 403 g/mol. The van der Waals surface area contributed by atoms with Crippen LogP contribution >= 0.6 is 11.3 Å². The van der Waals surface area contributed by atoms with Gasteiger partial charge in [-0.25, -0.2) is 13.1 Å². The summed E-state index contributed by atoms with van der Waals surface area (Å²) in [5, 5.41) is 3.92. The number of nitrogens with one attached hydrogen (secondary N) is 1. The highest BCUT2D eigenvalue weighted by Crippen LogP contribution is 2.23. The van der Waals surface area contributed by atoms with Gasteiger partial charge in [-0.15, -0.1) is 0 Å². The van der Waals surface area contributed by atoms with E-state index in [9.17, 15) is 13.2 Å². The average molecular weight is 403 g/mol. The largest absolute Gasteiger partial charge is 0.496 e. The van der Waals surface area contributed by atoms with E-state index in [1.807, 2.05) is 22.9 Å². The Morgan fingerprint density at radius 1 is 1.26 bits per heavy atom. The van der Waals surface area contributed by atoms with E-state index in [4.69, 9.17) is 10.5 Å². The van der Waals surface area contributed by atoms with Crippen LogP contribution in [0.4, 0.5) is 0 Å². The molecule has 0 saturated carbocycles. The Labute approximate surface area is 160 Å². The molecule has 2 aromatic heterocycles. The molecule has 0 spiro atoms. The van der Waals surface area contributed by atoms with Crippen molar-refractivity contribution in [1.82, 2.24) is 9.71 Å². The molecule has 27 heavy (non-hydrogen) atoms. The number of thiophene rings is 1. The van der Waals surface area contributed by atoms with Gasteiger partial charge < -0.3 is 10.5 Å². The number of hydrogen-bond donors (Lipinski definition) is 2. The van der Waals surface area contributed by atoms with Crippen molar-refractivity contribution in [2.24, 2.45) is 5.73 Å². The summed E-state index contributed by atoms with van der Waals surface area (Å²) >= 11 is 1.56. The Hall–Kier alpha value is -2.75. The third-order valence-corrected chi connectivity index (χ3v) is 5.94. The number of nitrogens with zero attached hydrogens (tertiary/aromatic N) is 1. The molecule has 0 atom stereocenters. The average Bonchev–Trinajstić information content (AvgIpc) is 3.21. The third-order valence-electron chi connectivity index (χ3n) is 3.85. The zero-order valence-corrected chi connectivity index (χ0v) is 16.0. The van der Waals surface area contributed by atoms with Crippen LogP contribution in [0.25, 0.3) is 11.3 Å². The van der Waals surface area contributed by atoms with Gasteiger partial charge in [0.15, 0.2) is 0 Å². The first-order valence-electron chi connectivity index (χ1n) is 7.86. The second kappa shape index (κ2) is 7.87. The highest BCUT2D eigenvalue weighted by atomic mass is 32.2. The van der Waals surface area contributed by atoms with Gasteiger partial charge in [0.05, 0.1) is 23.3 Å². The van der Waals surface area contributed by atoms with Crippen molar-refractivity contribution in [3.63, 3.8) is 0 Å². The normalized spacial score (nSPS) is 11.3. The molecule has 3 N–H and O–H groups in total. The molecule has 0 fully saturated rings. The molecule has 2 heterocycles. The van der Waals surface area contributed by atoms with Gasteiger partial charge >= 0.3 is 0 Å². The number of carbonyl (C=O) groups is 1. The van der Waals surface area contributed by atoms with Crippen LogP contribution in [0.3, 0.4) is 0 Å². The van der Waals surface area contributed by atoms with Gasteiger partial charge in [-0.1, -0.05) is 0 Å². The molecule has 1 aromatic carbocycles. The zero-order chi connectivity index (χ0) is 19.4. The van der Waals surface area contributed by atoms with E-state index in [-0.39, 0.29) is 22.8 Å². The predicted octanol–water partition coefficient (Wildman–Crippen LogP) is 2.40. The molecular formula is C18H17N3O4S2. The number of amides is 1. The molecule has 140 valence electrons. The summed E-state index contributed by atoms with van der Waals surface area (Å²) in [5.41, 5.74) is 7.81. The van der Waals surface area contributed by atoms with Crippen molar-refractivity contribution in [1.29, 1.82) is 0 Å². The topological polar surface area (TPSA) is 111 Å². The van der Waals surface area contributed by atoms with E-state index in [1.165, 1.54) is 25.3 Å². The van der Waals surface area contributed by atoms with Gasteiger partial charge in [-0.05, 0) is 47.3 Å². The fraction of sp³-hybridized carbons (Fsp3) is 0.111. The lowest BCUT2D eigenvalue weighted by Gasteiger charge is -2.10. The molecule has 0 aliphatic carbocycles. The lowest BCUT2D eigenvalue weighted by molar-refractivity contribution is 0.0997. The number of pyridine rings is 1. The number of ether oxygens (including phenoxy) is 1. The summed E-state index contributed by atoms with van der Waals surface area (Å²) in [6.45, 7) is 0.0833. The fourth-order valence-corrected chi connectivity index (χ4v) is 4.15. The first-order chi connectivity index (χ1) is 12.9. The molecule has 3 rings (SSSR count). The molecule has 0 aliphatic rings. The van der Waals surface area contributed by atoms with Crippen molar-refractivity contribution in [2.75, 3.05) is 7.11 Å². The highest BCUT2D eigenvalue weighted by molar-refractivity contribution is 7.89. The fourth-order valence-electron chi connectivity index (χ4n) is 2.46. The number of nitrogens with two attached hydrogens (primary N) is 1. The van der Waals surface area contributed by atoms with Crippen LogP contribution in [0.2, 0.25) is 0 Å². The maximum absolute atomic E-state index is 12.6. The number of benzene rings is 1. The molecular weight excluding hydrogens is 386 g/mol. The van der Waals surface area contributed by atoms with Gasteiger partial charge in [0.1, 0.15) is 5.75 Å². The SMILES string of the molecule is COc1ccc(S(=O)(=O)NCc2ccnc(-c3ccsc3)c2)cc1C(N)=O. The Morgan fingerprint density at radius 3 is 2.74 bits per heavy atom. The van der Waals surface area contributed by atoms with E-state index in [0.29, 0.717) is 0 Å². The van der Waals surface area contributed by atoms with Crippen LogP contribution in [0, 0.1) is 0 Å². The van der Waals surface area contributed by atoms with Crippen LogP contribution in [0.5, 0.6) is 5.75 Å². The van der Waals surface area contributed by atoms with Gasteiger partial charge in [0.2, 0.25) is 10.0 Å². The van der Waals surface area contributed by atoms with E-state index < -0.39 is 15.9 Å². The minimum atomic E-state index is -3.84. The first kappa shape index (κ1) is 19.0. The van der Waals surface area contributed by atoms with E-state index >= 15 is 0 Å². The molecule has 0 radical (unpaired) electrons. The summed E-state index contributed by atoms with van der Waals surface area (Å²) in [6.07, 6.45) is 1.63. The third kappa shape index (κ3) is 4.33. The van der Waals surface area contributed by atoms with Gasteiger partial charge in [-0.3, -0.25) is 9.78 Å². The quantitative estimate of drug-likeness (QED) is 0.629. The van der Waals surface area contributed by atoms with Crippen LogP contribution in [-0.2, 0) is 16.6 Å². The van der Waals surface area contributed by atoms with Gasteiger partial charge in [-0.2, -0.15) is 11.3 Å². The highest BCUT2D eigenvalue weighted by Gasteiger charge is 2.18. The second-order valence-electron chi connectivity index (χ2n) is 5.61. The van der Waals surface area contributed by atoms with Crippen LogP contribution in [0.15, 0.2) is 58.3 Å². The minimum Gasteiger partial charge on any atom is -0.496 e. The maximum atomic E-state index is 12.6. The van der Waals surface area contributed by atoms with Crippen LogP contribution < -0.4 is 15.2 Å². The molecule has 3 aromatic rings. The Kier molecular flexibility index (Phi) is 5.54. The van der Waals surface area contributed by atoms with Crippen molar-refractivity contribution in [3.8, 4) is 17.0 Å². The summed E-state index contributed by atoms with van der Waals surface area (Å²) < 4.78 is 32.7. The van der Waals surface area contributed by atoms with E-state index in [1.54, 1.807) is 23.6 Å². The number of primary amides is 1. The number of hydrogen-bond acceptors (Lipinski definition) is 6. The molecule has 0 saturated heterocycles. The number of aromatic nitrogens is 1. The Balaban J connectivity index is 1.81. The molecule has 1 amide bonds. The summed E-state index contributed by atoms with van der Waals surface area (Å²) in [4.78, 5) is 15.7. The molecule has 0 bridgehead atoms. The zero-order valence-electron chi connectivity index (χ0n) is 14.4. The summed E-state index contributed by atoms with van der Waals surface area (Å²) in [6, 6.07) is 9.47. The summed E-state index contributed by atoms with van der Waals surface area (Å²) in [7, 11) is -2.46. The number of rotatable bonds is 7. The second-order valence-corrected chi connectivity index (χ2v) is 8.16. The lowest BCUT2D eigenvalue weighted by atomic mass is 10.1. The number of carbonyl (C=O) groups excluding carboxylic acids is 1. The van der Waals surface area contributed by atoms with Crippen molar-refractivity contribution in [3.05, 3.63) is 64.5 Å². The Bertz CT molecular complexity index is 1060. The lowest BCUT2D eigenvalue weighted by Crippen LogP contribution is -2.24. The minimum absolute atomic E-state index is 0.00373. The molecule has 0 unspecified atom stereocenters. The van der Waals surface area contributed by atoms with E-state index in [2.05, 4.69) is 9.71 Å². The van der Waals surface area contributed by atoms with Crippen molar-refractivity contribution < 1.29 is 17.9 Å². The Morgan fingerprint density at radius 2 is 2.07 bits per heavy atom. The summed E-state index contributed by atoms with van der Waals surface area (Å²) in [5.74, 6) is -0.547. The van der Waals surface area contributed by atoms with Crippen molar-refractivity contribution >= 4 is 27.3 Å². The van der Waals surface area contributed by atoms with Crippen LogP contribution in [0.1, 0.15) is 15.9 Å². The van der Waals surface area contributed by atoms with Gasteiger partial charge in [0.25, 0.3) is 5.91 Å².